The van der Waals surface area contributed by atoms with E-state index in [1.807, 2.05) is 20.8 Å². The van der Waals surface area contributed by atoms with Crippen molar-refractivity contribution in [3.63, 3.8) is 0 Å². The minimum atomic E-state index is -0.607. The van der Waals surface area contributed by atoms with E-state index in [4.69, 9.17) is 11.5 Å². The van der Waals surface area contributed by atoms with E-state index in [1.165, 1.54) is 0 Å². The molecule has 0 bridgehead atoms. The number of hydrogen-bond acceptors (Lipinski definition) is 3. The molecule has 0 aliphatic heterocycles. The lowest BCUT2D eigenvalue weighted by Crippen LogP contribution is -2.50. The fraction of sp³-hybridized carbons (Fsp3) is 0.778. The second kappa shape index (κ2) is 7.29. The molecule has 96 valence electrons. The summed E-state index contributed by atoms with van der Waals surface area (Å²) < 4.78 is 0. The van der Waals surface area contributed by atoms with Gasteiger partial charge in [0, 0.05) is 13.1 Å². The van der Waals surface area contributed by atoms with Crippen LogP contribution in [0.1, 0.15) is 20.8 Å². The van der Waals surface area contributed by atoms with E-state index in [1.54, 1.807) is 0 Å². The van der Waals surface area contributed by atoms with E-state index in [-0.39, 0.29) is 23.7 Å². The summed E-state index contributed by atoms with van der Waals surface area (Å²) >= 11 is 0. The third-order valence-corrected chi connectivity index (χ3v) is 1.94. The summed E-state index contributed by atoms with van der Waals surface area (Å²) in [7, 11) is 0. The van der Waals surface area contributed by atoms with Gasteiger partial charge >= 0.3 is 6.03 Å². The first-order valence-corrected chi connectivity index (χ1v) is 4.81. The van der Waals surface area contributed by atoms with E-state index in [9.17, 15) is 9.59 Å². The van der Waals surface area contributed by atoms with Gasteiger partial charge in [0.2, 0.25) is 5.91 Å². The highest BCUT2D eigenvalue weighted by Gasteiger charge is 2.26. The summed E-state index contributed by atoms with van der Waals surface area (Å²) in [6.07, 6.45) is 0. The van der Waals surface area contributed by atoms with E-state index < -0.39 is 12.1 Å². The fourth-order valence-electron chi connectivity index (χ4n) is 0.875. The van der Waals surface area contributed by atoms with Crippen LogP contribution in [-0.2, 0) is 4.79 Å². The molecule has 0 saturated carbocycles. The molecule has 0 aromatic heterocycles. The predicted octanol–water partition coefficient (Wildman–Crippen LogP) is -0.434. The lowest BCUT2D eigenvalue weighted by molar-refractivity contribution is -0.124. The Morgan fingerprint density at radius 2 is 1.62 bits per heavy atom. The molecule has 6 nitrogen and oxygen atoms in total. The Bertz CT molecular complexity index is 240. The van der Waals surface area contributed by atoms with Crippen molar-refractivity contribution < 1.29 is 9.59 Å². The summed E-state index contributed by atoms with van der Waals surface area (Å²) in [6.45, 7) is 6.29. The Morgan fingerprint density at radius 1 is 1.19 bits per heavy atom. The average molecular weight is 253 g/mol. The molecular weight excluding hydrogens is 232 g/mol. The first-order valence-electron chi connectivity index (χ1n) is 4.81. The minimum absolute atomic E-state index is 0. The molecule has 0 heterocycles. The van der Waals surface area contributed by atoms with Crippen LogP contribution >= 0.6 is 12.4 Å². The number of carbonyl (C=O) groups excluding carboxylic acids is 2. The number of rotatable bonds is 4. The predicted molar refractivity (Wildman–Crippen MR) is 65.3 cm³/mol. The number of primary amides is 1. The molecule has 0 spiro atoms. The molecule has 0 radical (unpaired) electrons. The van der Waals surface area contributed by atoms with E-state index in [2.05, 4.69) is 10.6 Å². The van der Waals surface area contributed by atoms with Gasteiger partial charge in [-0.2, -0.15) is 0 Å². The van der Waals surface area contributed by atoms with Gasteiger partial charge in [-0.25, -0.2) is 4.79 Å². The molecule has 0 fully saturated rings. The molecule has 0 rings (SSSR count). The van der Waals surface area contributed by atoms with Gasteiger partial charge < -0.3 is 22.1 Å². The van der Waals surface area contributed by atoms with Crippen LogP contribution in [0.3, 0.4) is 0 Å². The molecule has 0 unspecified atom stereocenters. The third kappa shape index (κ3) is 7.30. The largest absolute Gasteiger partial charge is 0.353 e. The highest BCUT2D eigenvalue weighted by Crippen LogP contribution is 2.16. The molecule has 16 heavy (non-hydrogen) atoms. The molecular formula is C9H21ClN4O2. The number of urea groups is 1. The monoisotopic (exact) mass is 252 g/mol. The molecule has 0 aliphatic carbocycles. The molecule has 7 heteroatoms. The molecule has 0 aliphatic rings. The lowest BCUT2D eigenvalue weighted by atomic mass is 9.87. The van der Waals surface area contributed by atoms with Crippen LogP contribution in [0.5, 0.6) is 0 Å². The second-order valence-electron chi connectivity index (χ2n) is 4.43. The first-order chi connectivity index (χ1) is 6.75. The van der Waals surface area contributed by atoms with Crippen molar-refractivity contribution in [2.45, 2.75) is 26.8 Å². The molecule has 0 aromatic carbocycles. The summed E-state index contributed by atoms with van der Waals surface area (Å²) in [5.74, 6) is -0.228. The number of nitrogens with two attached hydrogens (primary N) is 2. The third-order valence-electron chi connectivity index (χ3n) is 1.94. The molecule has 6 N–H and O–H groups in total. The summed E-state index contributed by atoms with van der Waals surface area (Å²) in [6, 6.07) is -1.17. The topological polar surface area (TPSA) is 110 Å². The molecule has 0 aromatic rings. The Hall–Kier alpha value is -1.01. The van der Waals surface area contributed by atoms with Gasteiger partial charge in [0.25, 0.3) is 0 Å². The van der Waals surface area contributed by atoms with Crippen LogP contribution in [0, 0.1) is 5.41 Å². The zero-order valence-corrected chi connectivity index (χ0v) is 10.7. The summed E-state index contributed by atoms with van der Waals surface area (Å²) in [4.78, 5) is 21.8. The van der Waals surface area contributed by atoms with Gasteiger partial charge in [-0.1, -0.05) is 20.8 Å². The highest BCUT2D eigenvalue weighted by molar-refractivity contribution is 5.85. The van der Waals surface area contributed by atoms with Gasteiger partial charge in [-0.3, -0.25) is 4.79 Å². The van der Waals surface area contributed by atoms with Crippen molar-refractivity contribution in [3.8, 4) is 0 Å². The Labute approximate surface area is 102 Å². The zero-order chi connectivity index (χ0) is 12.1. The van der Waals surface area contributed by atoms with Crippen LogP contribution in [0.15, 0.2) is 0 Å². The number of carbonyl (C=O) groups is 2. The highest BCUT2D eigenvalue weighted by atomic mass is 35.5. The molecule has 3 amide bonds. The quantitative estimate of drug-likeness (QED) is 0.510. The fourth-order valence-corrected chi connectivity index (χ4v) is 0.875. The first kappa shape index (κ1) is 17.4. The summed E-state index contributed by atoms with van der Waals surface area (Å²) in [5, 5.41) is 4.97. The number of hydrogen-bond donors (Lipinski definition) is 4. The summed E-state index contributed by atoms with van der Waals surface area (Å²) in [5.41, 5.74) is 10.3. The van der Waals surface area contributed by atoms with E-state index >= 15 is 0 Å². The van der Waals surface area contributed by atoms with Gasteiger partial charge in [0.1, 0.15) is 0 Å². The maximum absolute atomic E-state index is 11.5. The smallest absolute Gasteiger partial charge is 0.312 e. The van der Waals surface area contributed by atoms with Crippen molar-refractivity contribution >= 4 is 24.3 Å². The van der Waals surface area contributed by atoms with Gasteiger partial charge in [0.15, 0.2) is 0 Å². The minimum Gasteiger partial charge on any atom is -0.353 e. The zero-order valence-electron chi connectivity index (χ0n) is 9.87. The maximum Gasteiger partial charge on any atom is 0.312 e. The van der Waals surface area contributed by atoms with Crippen molar-refractivity contribution in [1.29, 1.82) is 0 Å². The average Bonchev–Trinajstić information content (AvgIpc) is 2.09. The number of amides is 3. The van der Waals surface area contributed by atoms with Crippen LogP contribution in [0.4, 0.5) is 4.79 Å². The van der Waals surface area contributed by atoms with Gasteiger partial charge in [0.05, 0.1) is 6.04 Å². The van der Waals surface area contributed by atoms with Crippen LogP contribution in [-0.4, -0.2) is 31.1 Å². The Kier molecular flexibility index (Phi) is 7.93. The number of halogens is 1. The van der Waals surface area contributed by atoms with Crippen LogP contribution < -0.4 is 22.1 Å². The second-order valence-corrected chi connectivity index (χ2v) is 4.43. The molecule has 1 atom stereocenters. The van der Waals surface area contributed by atoms with Crippen molar-refractivity contribution in [2.24, 2.45) is 16.9 Å². The van der Waals surface area contributed by atoms with Crippen molar-refractivity contribution in [2.75, 3.05) is 13.1 Å². The van der Waals surface area contributed by atoms with Crippen LogP contribution in [0.25, 0.3) is 0 Å². The number of nitrogens with one attached hydrogen (secondary N) is 2. The van der Waals surface area contributed by atoms with E-state index in [0.29, 0.717) is 13.1 Å². The molecule has 0 saturated heterocycles. The standard InChI is InChI=1S/C9H20N4O2.ClH/c1-9(2,3)6(10)7(14)12-4-5-13-8(11)15;/h6H,4-5,10H2,1-3H3,(H,12,14)(H3,11,13,15);1H/t6-;/m1./s1. The van der Waals surface area contributed by atoms with Crippen molar-refractivity contribution in [3.05, 3.63) is 0 Å². The Balaban J connectivity index is 0. The maximum atomic E-state index is 11.5. The van der Waals surface area contributed by atoms with Gasteiger partial charge in [-0.05, 0) is 5.41 Å². The van der Waals surface area contributed by atoms with Crippen LogP contribution in [0.2, 0.25) is 0 Å². The normalized spacial score (nSPS) is 12.2. The van der Waals surface area contributed by atoms with Gasteiger partial charge in [-0.15, -0.1) is 12.4 Å². The van der Waals surface area contributed by atoms with E-state index in [0.717, 1.165) is 0 Å². The Morgan fingerprint density at radius 3 is 2.00 bits per heavy atom. The lowest BCUT2D eigenvalue weighted by Gasteiger charge is -2.25. The SMILES string of the molecule is CC(C)(C)[C@H](N)C(=O)NCCNC(N)=O.Cl. The van der Waals surface area contributed by atoms with Crippen molar-refractivity contribution in [1.82, 2.24) is 10.6 Å².